The largest absolute Gasteiger partial charge is 0.330 e. The maximum Gasteiger partial charge on any atom is 0.0225 e. The van der Waals surface area contributed by atoms with Gasteiger partial charge in [0.05, 0.1) is 0 Å². The average Bonchev–Trinajstić information content (AvgIpc) is 3.05. The molecule has 1 nitrogen and oxygen atoms in total. The quantitative estimate of drug-likeness (QED) is 0.205. The zero-order chi connectivity index (χ0) is 27.9. The van der Waals surface area contributed by atoms with E-state index in [0.717, 1.165) is 0 Å². The highest BCUT2D eigenvalue weighted by atomic mass is 31.1. The molecule has 2 N–H and O–H groups in total. The first-order chi connectivity index (χ1) is 20.3. The SMILES string of the molecule is NCC(c1ccccc1P(c1ccccc1)c1ccccc1)c1ccccc1P(c1ccccc1)c1ccccc1. The summed E-state index contributed by atoms with van der Waals surface area (Å²) in [6, 6.07) is 61.7. The van der Waals surface area contributed by atoms with Gasteiger partial charge in [-0.15, -0.1) is 0 Å². The standard InChI is InChI=1S/C38H33NP2/c39-29-36(34-25-13-15-27-37(34)40(30-17-5-1-6-18-30)31-19-7-2-8-20-31)35-26-14-16-28-38(35)41(32-21-9-3-10-22-32)33-23-11-4-12-24-33/h1-28,36H,29,39H2. The topological polar surface area (TPSA) is 26.0 Å². The fourth-order valence-electron chi connectivity index (χ4n) is 5.56. The van der Waals surface area contributed by atoms with E-state index >= 15 is 0 Å². The van der Waals surface area contributed by atoms with Crippen molar-refractivity contribution < 1.29 is 0 Å². The minimum atomic E-state index is -0.758. The van der Waals surface area contributed by atoms with Crippen molar-refractivity contribution in [1.82, 2.24) is 0 Å². The van der Waals surface area contributed by atoms with Gasteiger partial charge in [-0.05, 0) is 58.8 Å². The summed E-state index contributed by atoms with van der Waals surface area (Å²) in [6.45, 7) is 0.535. The molecule has 6 aromatic rings. The second-order valence-electron chi connectivity index (χ2n) is 9.92. The van der Waals surface area contributed by atoms with Crippen LogP contribution in [0.4, 0.5) is 0 Å². The van der Waals surface area contributed by atoms with Crippen LogP contribution < -0.4 is 37.6 Å². The van der Waals surface area contributed by atoms with E-state index in [0.29, 0.717) is 6.54 Å². The lowest BCUT2D eigenvalue weighted by molar-refractivity contribution is 0.829. The van der Waals surface area contributed by atoms with E-state index in [4.69, 9.17) is 5.73 Å². The predicted octanol–water partition coefficient (Wildman–Crippen LogP) is 6.29. The molecule has 0 saturated heterocycles. The molecule has 0 aliphatic rings. The summed E-state index contributed by atoms with van der Waals surface area (Å²) in [5.74, 6) is 0.0669. The van der Waals surface area contributed by atoms with Crippen molar-refractivity contribution in [2.45, 2.75) is 5.92 Å². The highest BCUT2D eigenvalue weighted by Gasteiger charge is 2.27. The summed E-state index contributed by atoms with van der Waals surface area (Å²) in [6.07, 6.45) is 0. The van der Waals surface area contributed by atoms with E-state index in [1.165, 1.54) is 43.0 Å². The van der Waals surface area contributed by atoms with E-state index in [9.17, 15) is 0 Å². The maximum atomic E-state index is 6.74. The summed E-state index contributed by atoms with van der Waals surface area (Å²) in [5, 5.41) is 8.13. The molecule has 41 heavy (non-hydrogen) atoms. The van der Waals surface area contributed by atoms with Gasteiger partial charge in [-0.3, -0.25) is 0 Å². The molecular formula is C38H33NP2. The van der Waals surface area contributed by atoms with Gasteiger partial charge in [0.25, 0.3) is 0 Å². The van der Waals surface area contributed by atoms with Crippen molar-refractivity contribution in [1.29, 1.82) is 0 Å². The zero-order valence-corrected chi connectivity index (χ0v) is 24.7. The van der Waals surface area contributed by atoms with Crippen LogP contribution in [0, 0.1) is 0 Å². The second kappa shape index (κ2) is 13.2. The van der Waals surface area contributed by atoms with Crippen molar-refractivity contribution >= 4 is 47.7 Å². The molecule has 6 rings (SSSR count). The van der Waals surface area contributed by atoms with Gasteiger partial charge in [0.1, 0.15) is 0 Å². The third-order valence-electron chi connectivity index (χ3n) is 7.40. The highest BCUT2D eigenvalue weighted by Crippen LogP contribution is 2.40. The molecular weight excluding hydrogens is 532 g/mol. The molecule has 0 saturated carbocycles. The molecule has 0 aliphatic carbocycles. The van der Waals surface area contributed by atoms with Gasteiger partial charge in [-0.1, -0.05) is 170 Å². The van der Waals surface area contributed by atoms with Crippen LogP contribution >= 0.6 is 15.8 Å². The Hall–Kier alpha value is -3.86. The first-order valence-electron chi connectivity index (χ1n) is 14.0. The number of hydrogen-bond acceptors (Lipinski definition) is 1. The Morgan fingerprint density at radius 1 is 0.366 bits per heavy atom. The van der Waals surface area contributed by atoms with Gasteiger partial charge in [-0.25, -0.2) is 0 Å². The molecule has 6 aromatic carbocycles. The van der Waals surface area contributed by atoms with Gasteiger partial charge >= 0.3 is 0 Å². The van der Waals surface area contributed by atoms with Gasteiger partial charge in [0, 0.05) is 12.5 Å². The monoisotopic (exact) mass is 565 g/mol. The average molecular weight is 566 g/mol. The van der Waals surface area contributed by atoms with Gasteiger partial charge in [-0.2, -0.15) is 0 Å². The molecule has 0 unspecified atom stereocenters. The van der Waals surface area contributed by atoms with Crippen LogP contribution in [0.1, 0.15) is 17.0 Å². The van der Waals surface area contributed by atoms with E-state index in [2.05, 4.69) is 170 Å². The number of nitrogens with two attached hydrogens (primary N) is 1. The fourth-order valence-corrected chi connectivity index (χ4v) is 10.6. The van der Waals surface area contributed by atoms with E-state index < -0.39 is 15.8 Å². The number of benzene rings is 6. The minimum Gasteiger partial charge on any atom is -0.330 e. The Labute approximate surface area is 246 Å². The Morgan fingerprint density at radius 3 is 0.927 bits per heavy atom. The van der Waals surface area contributed by atoms with E-state index in [1.807, 2.05) is 0 Å². The van der Waals surface area contributed by atoms with E-state index in [-0.39, 0.29) is 5.92 Å². The molecule has 200 valence electrons. The lowest BCUT2D eigenvalue weighted by Crippen LogP contribution is -2.30. The summed E-state index contributed by atoms with van der Waals surface area (Å²) >= 11 is 0. The van der Waals surface area contributed by atoms with Crippen molar-refractivity contribution in [3.63, 3.8) is 0 Å². The summed E-state index contributed by atoms with van der Waals surface area (Å²) < 4.78 is 0. The minimum absolute atomic E-state index is 0.0669. The smallest absolute Gasteiger partial charge is 0.0225 e. The summed E-state index contributed by atoms with van der Waals surface area (Å²) in [5.41, 5.74) is 9.38. The predicted molar refractivity (Wildman–Crippen MR) is 181 cm³/mol. The van der Waals surface area contributed by atoms with Crippen LogP contribution in [0.25, 0.3) is 0 Å². The van der Waals surface area contributed by atoms with Gasteiger partial charge in [0.15, 0.2) is 0 Å². The zero-order valence-electron chi connectivity index (χ0n) is 22.9. The van der Waals surface area contributed by atoms with Crippen LogP contribution in [0.2, 0.25) is 0 Å². The van der Waals surface area contributed by atoms with Gasteiger partial charge in [0.2, 0.25) is 0 Å². The highest BCUT2D eigenvalue weighted by molar-refractivity contribution is 7.80. The molecule has 0 bridgehead atoms. The lowest BCUT2D eigenvalue weighted by Gasteiger charge is -2.29. The fraction of sp³-hybridized carbons (Fsp3) is 0.0526. The van der Waals surface area contributed by atoms with Crippen LogP contribution in [-0.4, -0.2) is 6.54 Å². The first kappa shape index (κ1) is 27.3. The van der Waals surface area contributed by atoms with Crippen molar-refractivity contribution in [3.05, 3.63) is 181 Å². The third kappa shape index (κ3) is 5.95. The molecule has 0 amide bonds. The second-order valence-corrected chi connectivity index (χ2v) is 14.3. The lowest BCUT2D eigenvalue weighted by atomic mass is 9.91. The van der Waals surface area contributed by atoms with E-state index in [1.54, 1.807) is 0 Å². The Kier molecular flexibility index (Phi) is 8.80. The normalized spacial score (nSPS) is 11.3. The maximum absolute atomic E-state index is 6.74. The van der Waals surface area contributed by atoms with Crippen LogP contribution in [-0.2, 0) is 0 Å². The third-order valence-corrected chi connectivity index (χ3v) is 12.4. The molecule has 0 spiro atoms. The molecule has 0 heterocycles. The molecule has 0 atom stereocenters. The number of hydrogen-bond donors (Lipinski definition) is 1. The Morgan fingerprint density at radius 2 is 0.634 bits per heavy atom. The van der Waals surface area contributed by atoms with Crippen molar-refractivity contribution in [2.75, 3.05) is 6.54 Å². The molecule has 0 aromatic heterocycles. The van der Waals surface area contributed by atoms with Crippen molar-refractivity contribution in [3.8, 4) is 0 Å². The summed E-state index contributed by atoms with van der Waals surface area (Å²) in [4.78, 5) is 0. The van der Waals surface area contributed by atoms with Crippen molar-refractivity contribution in [2.24, 2.45) is 5.73 Å². The molecule has 0 radical (unpaired) electrons. The summed E-state index contributed by atoms with van der Waals surface area (Å²) in [7, 11) is -1.52. The Balaban J connectivity index is 1.53. The van der Waals surface area contributed by atoms with Crippen LogP contribution in [0.3, 0.4) is 0 Å². The Bertz CT molecular complexity index is 1470. The number of rotatable bonds is 9. The molecule has 0 fully saturated rings. The first-order valence-corrected chi connectivity index (χ1v) is 16.7. The van der Waals surface area contributed by atoms with Crippen LogP contribution in [0.15, 0.2) is 170 Å². The van der Waals surface area contributed by atoms with Gasteiger partial charge < -0.3 is 5.73 Å². The van der Waals surface area contributed by atoms with Crippen LogP contribution in [0.5, 0.6) is 0 Å². The molecule has 3 heteroatoms. The molecule has 0 aliphatic heterocycles.